The first-order valence-electron chi connectivity index (χ1n) is 8.19. The van der Waals surface area contributed by atoms with Crippen molar-refractivity contribution in [3.8, 4) is 10.6 Å². The van der Waals surface area contributed by atoms with Crippen LogP contribution in [0.15, 0.2) is 47.8 Å². The minimum Gasteiger partial charge on any atom is -0.451 e. The number of thiazole rings is 1. The number of hydrogen-bond acceptors (Lipinski definition) is 5. The highest BCUT2D eigenvalue weighted by atomic mass is 35.5. The van der Waals surface area contributed by atoms with E-state index in [2.05, 4.69) is 4.98 Å². The summed E-state index contributed by atoms with van der Waals surface area (Å²) in [7, 11) is 0. The normalized spacial score (nSPS) is 11.2. The van der Waals surface area contributed by atoms with E-state index in [1.165, 1.54) is 22.8 Å². The van der Waals surface area contributed by atoms with Crippen LogP contribution in [0, 0.1) is 0 Å². The summed E-state index contributed by atoms with van der Waals surface area (Å²) in [5.74, 6) is -1.88. The van der Waals surface area contributed by atoms with Crippen molar-refractivity contribution < 1.29 is 27.5 Å². The number of nitrogens with zero attached hydrogens (tertiary/aromatic N) is 1. The van der Waals surface area contributed by atoms with Crippen LogP contribution in [0.3, 0.4) is 0 Å². The van der Waals surface area contributed by atoms with Gasteiger partial charge in [0.15, 0.2) is 12.3 Å². The zero-order valence-electron chi connectivity index (χ0n) is 14.8. The van der Waals surface area contributed by atoms with Gasteiger partial charge in [0.1, 0.15) is 5.01 Å². The van der Waals surface area contributed by atoms with E-state index < -0.39 is 35.9 Å². The molecule has 0 unspecified atom stereocenters. The fourth-order valence-corrected chi connectivity index (χ4v) is 3.59. The Morgan fingerprint density at radius 1 is 1.13 bits per heavy atom. The molecule has 1 N–H and O–H groups in total. The van der Waals surface area contributed by atoms with Crippen molar-refractivity contribution in [2.24, 2.45) is 0 Å². The maximum Gasteiger partial charge on any atom is 0.418 e. The third-order valence-electron chi connectivity index (χ3n) is 3.70. The van der Waals surface area contributed by atoms with E-state index in [0.29, 0.717) is 15.6 Å². The first-order valence-corrected chi connectivity index (χ1v) is 9.83. The summed E-state index contributed by atoms with van der Waals surface area (Å²) in [6, 6.07) is 9.94. The van der Waals surface area contributed by atoms with Crippen molar-refractivity contribution in [1.29, 1.82) is 0 Å². The number of anilines is 1. The van der Waals surface area contributed by atoms with E-state index >= 15 is 0 Å². The minimum absolute atomic E-state index is 0.0449. The van der Waals surface area contributed by atoms with Crippen LogP contribution in [0.2, 0.25) is 10.0 Å². The average Bonchev–Trinajstić information content (AvgIpc) is 3.17. The maximum atomic E-state index is 13.1. The number of esters is 1. The second-order valence-corrected chi connectivity index (χ2v) is 7.53. The molecule has 0 fully saturated rings. The van der Waals surface area contributed by atoms with Crippen LogP contribution in [0.4, 0.5) is 18.9 Å². The molecule has 0 aliphatic heterocycles. The van der Waals surface area contributed by atoms with Gasteiger partial charge in [-0.25, -0.2) is 9.78 Å². The maximum absolute atomic E-state index is 13.1. The van der Waals surface area contributed by atoms with Crippen molar-refractivity contribution in [2.75, 3.05) is 11.9 Å². The van der Waals surface area contributed by atoms with Crippen LogP contribution in [-0.4, -0.2) is 23.5 Å². The molecule has 0 aliphatic carbocycles. The highest BCUT2D eigenvalue weighted by Crippen LogP contribution is 2.38. The van der Waals surface area contributed by atoms with Gasteiger partial charge in [0.05, 0.1) is 16.3 Å². The minimum atomic E-state index is -4.72. The van der Waals surface area contributed by atoms with E-state index in [9.17, 15) is 22.8 Å². The number of nitrogens with one attached hydrogen (secondary N) is 1. The van der Waals surface area contributed by atoms with Crippen molar-refractivity contribution >= 4 is 52.1 Å². The number of alkyl halides is 3. The Balaban J connectivity index is 1.64. The van der Waals surface area contributed by atoms with Gasteiger partial charge in [0.2, 0.25) is 0 Å². The van der Waals surface area contributed by atoms with E-state index in [1.807, 2.05) is 5.32 Å². The molecule has 2 aromatic carbocycles. The molecule has 0 spiro atoms. The first kappa shape index (κ1) is 22.1. The Morgan fingerprint density at radius 2 is 1.87 bits per heavy atom. The lowest BCUT2D eigenvalue weighted by Gasteiger charge is -2.15. The molecule has 0 aliphatic rings. The van der Waals surface area contributed by atoms with E-state index in [1.54, 1.807) is 24.3 Å². The number of ether oxygens (including phenoxy) is 1. The van der Waals surface area contributed by atoms with E-state index in [-0.39, 0.29) is 10.7 Å². The molecule has 0 atom stereocenters. The van der Waals surface area contributed by atoms with Crippen molar-refractivity contribution in [2.45, 2.75) is 6.18 Å². The van der Waals surface area contributed by atoms with Crippen LogP contribution in [0.25, 0.3) is 10.6 Å². The second kappa shape index (κ2) is 9.03. The Morgan fingerprint density at radius 3 is 2.57 bits per heavy atom. The number of carbonyl (C=O) groups excluding carboxylic acids is 2. The summed E-state index contributed by atoms with van der Waals surface area (Å²) in [5.41, 5.74) is -1.07. The Bertz CT molecular complexity index is 1100. The van der Waals surface area contributed by atoms with Gasteiger partial charge in [-0.2, -0.15) is 13.2 Å². The number of amides is 1. The standard InChI is InChI=1S/C19H11Cl2F3N2O3S/c20-11-4-1-3-10(7-11)17-25-14(9-30-17)18(28)29-8-15(27)26-16-12(19(22,23)24)5-2-6-13(16)21/h1-7,9H,8H2,(H,26,27). The monoisotopic (exact) mass is 474 g/mol. The molecule has 5 nitrogen and oxygen atoms in total. The molecule has 1 heterocycles. The van der Waals surface area contributed by atoms with Crippen LogP contribution in [0.5, 0.6) is 0 Å². The van der Waals surface area contributed by atoms with Gasteiger partial charge < -0.3 is 10.1 Å². The number of rotatable bonds is 5. The molecule has 1 amide bonds. The quantitative estimate of drug-likeness (QED) is 0.465. The SMILES string of the molecule is O=C(COC(=O)c1csc(-c2cccc(Cl)c2)n1)Nc1c(Cl)cccc1C(F)(F)F. The summed E-state index contributed by atoms with van der Waals surface area (Å²) < 4.78 is 44.1. The molecule has 3 rings (SSSR count). The third-order valence-corrected chi connectivity index (χ3v) is 5.14. The molecule has 11 heteroatoms. The lowest BCUT2D eigenvalue weighted by Crippen LogP contribution is -2.23. The fraction of sp³-hybridized carbons (Fsp3) is 0.105. The summed E-state index contributed by atoms with van der Waals surface area (Å²) in [6.07, 6.45) is -4.72. The van der Waals surface area contributed by atoms with E-state index in [4.69, 9.17) is 27.9 Å². The van der Waals surface area contributed by atoms with Gasteiger partial charge in [-0.1, -0.05) is 41.4 Å². The fourth-order valence-electron chi connectivity index (χ4n) is 2.39. The molecule has 30 heavy (non-hydrogen) atoms. The van der Waals surface area contributed by atoms with Gasteiger partial charge >= 0.3 is 12.1 Å². The van der Waals surface area contributed by atoms with Crippen LogP contribution >= 0.6 is 34.5 Å². The molecular weight excluding hydrogens is 464 g/mol. The zero-order chi connectivity index (χ0) is 21.9. The number of para-hydroxylation sites is 1. The molecule has 0 bridgehead atoms. The van der Waals surface area contributed by atoms with Gasteiger partial charge in [0, 0.05) is 16.0 Å². The summed E-state index contributed by atoms with van der Waals surface area (Å²) in [5, 5.41) is 4.18. The Kier molecular flexibility index (Phi) is 6.64. The van der Waals surface area contributed by atoms with Crippen molar-refractivity contribution in [3.63, 3.8) is 0 Å². The molecule has 0 radical (unpaired) electrons. The smallest absolute Gasteiger partial charge is 0.418 e. The van der Waals surface area contributed by atoms with Gasteiger partial charge in [-0.3, -0.25) is 4.79 Å². The third kappa shape index (κ3) is 5.29. The van der Waals surface area contributed by atoms with E-state index in [0.717, 1.165) is 12.1 Å². The average molecular weight is 475 g/mol. The molecule has 0 saturated heterocycles. The van der Waals surface area contributed by atoms with Crippen LogP contribution in [0.1, 0.15) is 16.1 Å². The number of benzene rings is 2. The van der Waals surface area contributed by atoms with Crippen LogP contribution in [-0.2, 0) is 15.7 Å². The van der Waals surface area contributed by atoms with Gasteiger partial charge in [-0.15, -0.1) is 11.3 Å². The predicted molar refractivity (Wildman–Crippen MR) is 108 cm³/mol. The zero-order valence-corrected chi connectivity index (χ0v) is 17.1. The Labute approximate surface area is 182 Å². The van der Waals surface area contributed by atoms with Crippen molar-refractivity contribution in [1.82, 2.24) is 4.98 Å². The summed E-state index contributed by atoms with van der Waals surface area (Å²) in [4.78, 5) is 28.2. The topological polar surface area (TPSA) is 68.3 Å². The lowest BCUT2D eigenvalue weighted by atomic mass is 10.1. The summed E-state index contributed by atoms with van der Waals surface area (Å²) in [6.45, 7) is -0.814. The largest absolute Gasteiger partial charge is 0.451 e. The Hall–Kier alpha value is -2.62. The highest BCUT2D eigenvalue weighted by molar-refractivity contribution is 7.13. The van der Waals surface area contributed by atoms with Gasteiger partial charge in [-0.05, 0) is 24.3 Å². The molecule has 156 valence electrons. The molecular formula is C19H11Cl2F3N2O3S. The number of carbonyl (C=O) groups is 2. The molecule has 3 aromatic rings. The van der Waals surface area contributed by atoms with Gasteiger partial charge in [0.25, 0.3) is 5.91 Å². The number of hydrogen-bond donors (Lipinski definition) is 1. The van der Waals surface area contributed by atoms with Crippen molar-refractivity contribution in [3.05, 3.63) is 69.1 Å². The molecule has 0 saturated carbocycles. The predicted octanol–water partition coefficient (Wildman–Crippen LogP) is 5.93. The first-order chi connectivity index (χ1) is 14.1. The highest BCUT2D eigenvalue weighted by Gasteiger charge is 2.34. The summed E-state index contributed by atoms with van der Waals surface area (Å²) >= 11 is 12.9. The second-order valence-electron chi connectivity index (χ2n) is 5.83. The number of halogens is 5. The van der Waals surface area contributed by atoms with Crippen LogP contribution < -0.4 is 5.32 Å². The molecule has 1 aromatic heterocycles. The lowest BCUT2D eigenvalue weighted by molar-refractivity contribution is -0.137. The number of aromatic nitrogens is 1.